The summed E-state index contributed by atoms with van der Waals surface area (Å²) in [6.07, 6.45) is 11.2. The molecule has 176 valence electrons. The van der Waals surface area contributed by atoms with Crippen LogP contribution in [0, 0.1) is 5.41 Å². The highest BCUT2D eigenvalue weighted by molar-refractivity contribution is 7.09. The van der Waals surface area contributed by atoms with Gasteiger partial charge in [-0.3, -0.25) is 14.4 Å². The van der Waals surface area contributed by atoms with E-state index in [0.29, 0.717) is 44.6 Å². The molecule has 2 N–H and O–H groups in total. The van der Waals surface area contributed by atoms with Crippen molar-refractivity contribution >= 4 is 41.0 Å². The summed E-state index contributed by atoms with van der Waals surface area (Å²) in [4.78, 5) is 45.0. The number of carbonyl (C=O) groups is 3. The second kappa shape index (κ2) is 9.54. The number of thiophene rings is 1. The average molecular weight is 477 g/mol. The second-order valence-electron chi connectivity index (χ2n) is 9.27. The van der Waals surface area contributed by atoms with E-state index < -0.39 is 5.41 Å². The molecule has 0 bridgehead atoms. The first-order valence-corrected chi connectivity index (χ1v) is 12.6. The quantitative estimate of drug-likeness (QED) is 0.523. The van der Waals surface area contributed by atoms with Crippen LogP contribution >= 0.6 is 11.3 Å². The van der Waals surface area contributed by atoms with Crippen LogP contribution in [0.25, 0.3) is 6.08 Å². The highest BCUT2D eigenvalue weighted by atomic mass is 32.1. The normalized spacial score (nSPS) is 22.7. The minimum atomic E-state index is -0.590. The van der Waals surface area contributed by atoms with Crippen molar-refractivity contribution in [3.8, 4) is 0 Å². The SMILES string of the molecule is O=C1CCC2(CCN1)Cc1cc(C=CC(=O)N3CC=C(Cc4cccs4)CC3)cnc1NC2=O. The third kappa shape index (κ3) is 4.82. The predicted octanol–water partition coefficient (Wildman–Crippen LogP) is 3.34. The Morgan fingerprint density at radius 1 is 1.26 bits per heavy atom. The Kier molecular flexibility index (Phi) is 6.32. The molecule has 2 aromatic heterocycles. The van der Waals surface area contributed by atoms with E-state index in [1.165, 1.54) is 10.5 Å². The van der Waals surface area contributed by atoms with Crippen molar-refractivity contribution in [2.24, 2.45) is 5.41 Å². The molecule has 0 saturated carbocycles. The molecule has 0 radical (unpaired) electrons. The van der Waals surface area contributed by atoms with E-state index >= 15 is 0 Å². The zero-order valence-electron chi connectivity index (χ0n) is 19.0. The molecule has 3 aliphatic heterocycles. The third-order valence-electron chi connectivity index (χ3n) is 7.00. The summed E-state index contributed by atoms with van der Waals surface area (Å²) in [6.45, 7) is 1.86. The fourth-order valence-electron chi connectivity index (χ4n) is 4.95. The highest BCUT2D eigenvalue weighted by Gasteiger charge is 2.43. The molecule has 1 unspecified atom stereocenters. The Labute approximate surface area is 202 Å². The van der Waals surface area contributed by atoms with Gasteiger partial charge in [-0.05, 0) is 60.4 Å². The minimum absolute atomic E-state index is 0.00464. The number of anilines is 1. The smallest absolute Gasteiger partial charge is 0.246 e. The first-order valence-electron chi connectivity index (χ1n) is 11.8. The Bertz CT molecular complexity index is 1170. The number of hydrogen-bond acceptors (Lipinski definition) is 5. The molecule has 3 amide bonds. The van der Waals surface area contributed by atoms with E-state index in [-0.39, 0.29) is 17.7 Å². The Balaban J connectivity index is 1.23. The van der Waals surface area contributed by atoms with Gasteiger partial charge in [0.05, 0.1) is 5.41 Å². The highest BCUT2D eigenvalue weighted by Crippen LogP contribution is 2.40. The van der Waals surface area contributed by atoms with Crippen molar-refractivity contribution in [1.82, 2.24) is 15.2 Å². The second-order valence-corrected chi connectivity index (χ2v) is 10.3. The average Bonchev–Trinajstić information content (AvgIpc) is 3.28. The van der Waals surface area contributed by atoms with E-state index in [1.807, 2.05) is 11.0 Å². The molecule has 7 nitrogen and oxygen atoms in total. The van der Waals surface area contributed by atoms with E-state index in [1.54, 1.807) is 29.7 Å². The molecule has 1 spiro atoms. The summed E-state index contributed by atoms with van der Waals surface area (Å²) in [5.41, 5.74) is 2.57. The van der Waals surface area contributed by atoms with Gasteiger partial charge in [-0.2, -0.15) is 0 Å². The van der Waals surface area contributed by atoms with Crippen LogP contribution in [0.5, 0.6) is 0 Å². The molecule has 2 aromatic rings. The van der Waals surface area contributed by atoms with Gasteiger partial charge >= 0.3 is 0 Å². The number of hydrogen-bond donors (Lipinski definition) is 2. The molecule has 3 aliphatic rings. The fraction of sp³-hybridized carbons (Fsp3) is 0.385. The van der Waals surface area contributed by atoms with Crippen LogP contribution < -0.4 is 10.6 Å². The summed E-state index contributed by atoms with van der Waals surface area (Å²) in [5.74, 6) is 0.499. The third-order valence-corrected chi connectivity index (χ3v) is 7.88. The first kappa shape index (κ1) is 22.5. The number of amides is 3. The largest absolute Gasteiger partial charge is 0.356 e. The summed E-state index contributed by atoms with van der Waals surface area (Å²) >= 11 is 1.77. The topological polar surface area (TPSA) is 91.4 Å². The molecule has 0 aliphatic carbocycles. The zero-order valence-corrected chi connectivity index (χ0v) is 19.8. The van der Waals surface area contributed by atoms with Crippen molar-refractivity contribution in [1.29, 1.82) is 0 Å². The van der Waals surface area contributed by atoms with Gasteiger partial charge < -0.3 is 15.5 Å². The van der Waals surface area contributed by atoms with Crippen LogP contribution in [0.2, 0.25) is 0 Å². The summed E-state index contributed by atoms with van der Waals surface area (Å²) < 4.78 is 0. The van der Waals surface area contributed by atoms with E-state index in [0.717, 1.165) is 30.5 Å². The van der Waals surface area contributed by atoms with Crippen LogP contribution in [0.3, 0.4) is 0 Å². The van der Waals surface area contributed by atoms with Gasteiger partial charge in [0.25, 0.3) is 0 Å². The van der Waals surface area contributed by atoms with Gasteiger partial charge in [-0.25, -0.2) is 4.98 Å². The summed E-state index contributed by atoms with van der Waals surface area (Å²) in [7, 11) is 0. The number of fused-ring (bicyclic) bond motifs is 1. The minimum Gasteiger partial charge on any atom is -0.356 e. The molecular formula is C26H28N4O3S. The molecule has 8 heteroatoms. The lowest BCUT2D eigenvalue weighted by molar-refractivity contribution is -0.127. The lowest BCUT2D eigenvalue weighted by Gasteiger charge is -2.35. The van der Waals surface area contributed by atoms with Crippen molar-refractivity contribution in [2.45, 2.75) is 38.5 Å². The van der Waals surface area contributed by atoms with E-state index in [9.17, 15) is 14.4 Å². The van der Waals surface area contributed by atoms with Crippen LogP contribution in [0.15, 0.2) is 47.5 Å². The van der Waals surface area contributed by atoms with Crippen molar-refractivity contribution in [3.05, 3.63) is 63.5 Å². The maximum absolute atomic E-state index is 12.8. The van der Waals surface area contributed by atoms with Gasteiger partial charge in [-0.1, -0.05) is 17.7 Å². The standard InChI is InChI=1S/C26H28N4O3S/c31-22-5-8-26(9-10-27-22)16-20-14-19(17-28-24(20)29-25(26)33)3-4-23(32)30-11-6-18(7-12-30)15-21-2-1-13-34-21/h1-4,6,13-14,17H,5,7-12,15-16H2,(H,27,31)(H,28,29,33). The Hall–Kier alpha value is -3.26. The molecule has 5 heterocycles. The first-order chi connectivity index (χ1) is 16.5. The van der Waals surface area contributed by atoms with Crippen LogP contribution in [-0.4, -0.2) is 47.2 Å². The number of pyridine rings is 1. The predicted molar refractivity (Wildman–Crippen MR) is 132 cm³/mol. The Morgan fingerprint density at radius 2 is 2.18 bits per heavy atom. The van der Waals surface area contributed by atoms with Crippen LogP contribution in [0.1, 0.15) is 41.7 Å². The summed E-state index contributed by atoms with van der Waals surface area (Å²) in [5, 5.41) is 7.88. The van der Waals surface area contributed by atoms with Gasteiger partial charge in [-0.15, -0.1) is 11.3 Å². The lowest BCUT2D eigenvalue weighted by Crippen LogP contribution is -2.42. The van der Waals surface area contributed by atoms with E-state index in [4.69, 9.17) is 0 Å². The molecule has 1 fully saturated rings. The van der Waals surface area contributed by atoms with Crippen molar-refractivity contribution in [3.63, 3.8) is 0 Å². The maximum Gasteiger partial charge on any atom is 0.246 e. The monoisotopic (exact) mass is 476 g/mol. The summed E-state index contributed by atoms with van der Waals surface area (Å²) in [6, 6.07) is 6.21. The lowest BCUT2D eigenvalue weighted by atomic mass is 9.73. The van der Waals surface area contributed by atoms with Crippen LogP contribution in [0.4, 0.5) is 5.82 Å². The molecular weight excluding hydrogens is 448 g/mol. The molecule has 1 saturated heterocycles. The number of aromatic nitrogens is 1. The van der Waals surface area contributed by atoms with Gasteiger partial charge in [0, 0.05) is 49.6 Å². The number of nitrogens with one attached hydrogen (secondary N) is 2. The number of carbonyl (C=O) groups excluding carboxylic acids is 3. The van der Waals surface area contributed by atoms with Crippen LogP contribution in [-0.2, 0) is 27.2 Å². The number of rotatable bonds is 4. The van der Waals surface area contributed by atoms with Crippen molar-refractivity contribution in [2.75, 3.05) is 25.0 Å². The molecule has 1 atom stereocenters. The van der Waals surface area contributed by atoms with E-state index in [2.05, 4.69) is 39.2 Å². The van der Waals surface area contributed by atoms with Crippen molar-refractivity contribution < 1.29 is 14.4 Å². The molecule has 5 rings (SSSR count). The maximum atomic E-state index is 12.8. The molecule has 0 aromatic carbocycles. The fourth-order valence-corrected chi connectivity index (χ4v) is 5.70. The van der Waals surface area contributed by atoms with Gasteiger partial charge in [0.2, 0.25) is 17.7 Å². The zero-order chi connectivity index (χ0) is 23.5. The van der Waals surface area contributed by atoms with Gasteiger partial charge in [0.1, 0.15) is 5.82 Å². The Morgan fingerprint density at radius 3 is 2.97 bits per heavy atom. The van der Waals surface area contributed by atoms with Gasteiger partial charge in [0.15, 0.2) is 0 Å². The number of nitrogens with zero attached hydrogens (tertiary/aromatic N) is 2. The molecule has 34 heavy (non-hydrogen) atoms.